The summed E-state index contributed by atoms with van der Waals surface area (Å²) in [6.45, 7) is 13.3. The van der Waals surface area contributed by atoms with Crippen LogP contribution >= 0.6 is 0 Å². The van der Waals surface area contributed by atoms with Crippen molar-refractivity contribution in [2.24, 2.45) is 23.7 Å². The van der Waals surface area contributed by atoms with E-state index in [-0.39, 0.29) is 11.9 Å². The third kappa shape index (κ3) is 4.30. The minimum absolute atomic E-state index is 0.370. The van der Waals surface area contributed by atoms with Crippen LogP contribution in [-0.4, -0.2) is 85.9 Å². The quantitative estimate of drug-likeness (QED) is 0.111. The number of hydrogen-bond donors (Lipinski definition) is 4. The highest BCUT2D eigenvalue weighted by molar-refractivity contribution is 5.72. The van der Waals surface area contributed by atoms with Crippen molar-refractivity contribution in [3.05, 3.63) is 59.7 Å². The van der Waals surface area contributed by atoms with Gasteiger partial charge in [-0.3, -0.25) is 4.79 Å². The molecule has 0 amide bonds. The lowest BCUT2D eigenvalue weighted by atomic mass is 9.53. The number of hydrogen-bond acceptors (Lipinski definition) is 10. The summed E-state index contributed by atoms with van der Waals surface area (Å²) in [7, 11) is 0. The van der Waals surface area contributed by atoms with Gasteiger partial charge in [0.1, 0.15) is 41.7 Å². The van der Waals surface area contributed by atoms with Crippen molar-refractivity contribution in [2.75, 3.05) is 6.61 Å². The molecule has 14 atom stereocenters. The molecule has 7 rings (SSSR count). The Kier molecular flexibility index (Phi) is 8.36. The van der Waals surface area contributed by atoms with Crippen LogP contribution in [0.5, 0.6) is 0 Å². The van der Waals surface area contributed by atoms with E-state index in [0.29, 0.717) is 23.1 Å². The number of aliphatic hydroxyl groups excluding tert-OH is 3. The first kappa shape index (κ1) is 34.3. The fourth-order valence-electron chi connectivity index (χ4n) is 10.1. The smallest absolute Gasteiger partial charge is 0.314 e. The molecule has 10 nitrogen and oxygen atoms in total. The Hall–Kier alpha value is -2.15. The van der Waals surface area contributed by atoms with E-state index in [1.807, 2.05) is 51.1 Å². The summed E-state index contributed by atoms with van der Waals surface area (Å²) in [5, 5.41) is 46.8. The van der Waals surface area contributed by atoms with Crippen LogP contribution in [0.4, 0.5) is 0 Å². The molecule has 2 saturated carbocycles. The SMILES string of the molecule is C=C(C)[C@@]12OC3(c4ccccc4)O[C@@H]1[C@@H]1[C@@H]4O[C@]4(CO)[C@@H](O)[C@@]4(O)C(C=C(C)[C@@H]4O)[C@@]1(O3)[C@H](C)[C@@H]2OC(=O)C(C)CCCCCCCC. The number of unbranched alkanes of at least 4 members (excludes halogenated alkanes) is 5. The largest absolute Gasteiger partial charge is 0.458 e. The third-order valence-corrected chi connectivity index (χ3v) is 12.7. The summed E-state index contributed by atoms with van der Waals surface area (Å²) < 4.78 is 34.0. The standard InChI is InChI=1S/C38H52O10/c1-7-8-9-10-11-13-16-22(4)32(41)44-29-24(6)37-26-19-23(5)28(40)35(26,43)33(42)34(20-39)30(45-34)27(37)31-36(29,21(2)3)47-38(46-31,48-37)25-17-14-12-15-18-25/h12,14-15,17-19,22,24,26-31,33,39-40,42-43H,2,7-11,13,16,20H2,1,3-6H3/t22?,24-,26?,27+,28+,29+,30+,31-,33-,34+,35-,36+,37+,38?/m1/s1. The second-order valence-electron chi connectivity index (χ2n) is 15.5. The zero-order valence-corrected chi connectivity index (χ0v) is 28.8. The van der Waals surface area contributed by atoms with Gasteiger partial charge in [0.05, 0.1) is 18.1 Å². The molecule has 1 aromatic rings. The Bertz CT molecular complexity index is 1460. The normalized spacial score (nSPS) is 47.0. The third-order valence-electron chi connectivity index (χ3n) is 12.7. The van der Waals surface area contributed by atoms with E-state index in [1.54, 1.807) is 13.0 Å². The van der Waals surface area contributed by atoms with Crippen molar-refractivity contribution in [3.8, 4) is 0 Å². The Morgan fingerprint density at radius 1 is 1.04 bits per heavy atom. The van der Waals surface area contributed by atoms with Crippen molar-refractivity contribution >= 4 is 5.97 Å². The van der Waals surface area contributed by atoms with E-state index in [2.05, 4.69) is 13.5 Å². The first-order chi connectivity index (χ1) is 22.8. The number of esters is 1. The van der Waals surface area contributed by atoms with Crippen molar-refractivity contribution in [1.82, 2.24) is 0 Å². The zero-order chi connectivity index (χ0) is 34.4. The molecular formula is C38H52O10. The van der Waals surface area contributed by atoms with Gasteiger partial charge in [-0.15, -0.1) is 0 Å². The molecule has 0 radical (unpaired) electrons. The van der Waals surface area contributed by atoms with Gasteiger partial charge in [0, 0.05) is 23.3 Å². The molecule has 5 fully saturated rings. The topological polar surface area (TPSA) is 147 Å². The molecule has 3 aliphatic heterocycles. The van der Waals surface area contributed by atoms with Gasteiger partial charge in [0.25, 0.3) is 0 Å². The van der Waals surface area contributed by atoms with Crippen LogP contribution in [0, 0.1) is 23.7 Å². The number of rotatable bonds is 12. The van der Waals surface area contributed by atoms with Crippen LogP contribution in [0.1, 0.15) is 85.1 Å². The van der Waals surface area contributed by atoms with E-state index in [1.165, 1.54) is 19.3 Å². The second-order valence-corrected chi connectivity index (χ2v) is 15.5. The van der Waals surface area contributed by atoms with Crippen LogP contribution < -0.4 is 0 Å². The van der Waals surface area contributed by atoms with Crippen molar-refractivity contribution in [1.29, 1.82) is 0 Å². The van der Waals surface area contributed by atoms with Gasteiger partial charge in [-0.25, -0.2) is 0 Å². The fraction of sp³-hybridized carbons (Fsp3) is 0.711. The first-order valence-electron chi connectivity index (χ1n) is 17.9. The molecule has 264 valence electrons. The van der Waals surface area contributed by atoms with E-state index >= 15 is 0 Å². The molecule has 0 spiro atoms. The number of ether oxygens (including phenoxy) is 5. The molecule has 48 heavy (non-hydrogen) atoms. The van der Waals surface area contributed by atoms with E-state index in [4.69, 9.17) is 23.7 Å². The summed E-state index contributed by atoms with van der Waals surface area (Å²) in [5.41, 5.74) is -5.10. The van der Waals surface area contributed by atoms with Crippen LogP contribution in [0.25, 0.3) is 0 Å². The number of benzene rings is 1. The lowest BCUT2D eigenvalue weighted by molar-refractivity contribution is -0.442. The maximum Gasteiger partial charge on any atom is 0.314 e. The minimum Gasteiger partial charge on any atom is -0.458 e. The van der Waals surface area contributed by atoms with E-state index in [9.17, 15) is 25.2 Å². The molecule has 10 heteroatoms. The molecule has 6 aliphatic rings. The molecular weight excluding hydrogens is 616 g/mol. The summed E-state index contributed by atoms with van der Waals surface area (Å²) >= 11 is 0. The Morgan fingerprint density at radius 2 is 1.73 bits per heavy atom. The monoisotopic (exact) mass is 668 g/mol. The number of carbonyl (C=O) groups excluding carboxylic acids is 1. The van der Waals surface area contributed by atoms with Gasteiger partial charge in [0.2, 0.25) is 0 Å². The maximum atomic E-state index is 14.0. The van der Waals surface area contributed by atoms with Gasteiger partial charge in [-0.1, -0.05) is 102 Å². The Balaban J connectivity index is 1.35. The molecule has 3 unspecified atom stereocenters. The molecule has 3 bridgehead atoms. The van der Waals surface area contributed by atoms with Gasteiger partial charge in [-0.2, -0.15) is 0 Å². The molecule has 0 aromatic heterocycles. The average Bonchev–Trinajstić information content (AvgIpc) is 3.70. The number of fused-ring (bicyclic) bond motifs is 3. The van der Waals surface area contributed by atoms with Crippen LogP contribution in [0.3, 0.4) is 0 Å². The van der Waals surface area contributed by atoms with Gasteiger partial charge in [0.15, 0.2) is 5.60 Å². The molecule has 3 saturated heterocycles. The summed E-state index contributed by atoms with van der Waals surface area (Å²) in [4.78, 5) is 14.0. The van der Waals surface area contributed by atoms with Crippen molar-refractivity contribution < 1.29 is 48.9 Å². The van der Waals surface area contributed by atoms with E-state index in [0.717, 1.165) is 19.3 Å². The summed E-state index contributed by atoms with van der Waals surface area (Å²) in [6.07, 6.45) is 3.27. The lowest BCUT2D eigenvalue weighted by Crippen LogP contribution is -2.76. The second kappa shape index (κ2) is 11.7. The van der Waals surface area contributed by atoms with Crippen molar-refractivity contribution in [3.63, 3.8) is 0 Å². The molecule has 3 heterocycles. The number of epoxide rings is 1. The number of aliphatic hydroxyl groups is 4. The Morgan fingerprint density at radius 3 is 2.40 bits per heavy atom. The maximum absolute atomic E-state index is 14.0. The van der Waals surface area contributed by atoms with Gasteiger partial charge in [-0.05, 0) is 31.4 Å². The van der Waals surface area contributed by atoms with Crippen LogP contribution in [0.2, 0.25) is 0 Å². The zero-order valence-electron chi connectivity index (χ0n) is 28.8. The van der Waals surface area contributed by atoms with Crippen LogP contribution in [0.15, 0.2) is 54.1 Å². The highest BCUT2D eigenvalue weighted by Crippen LogP contribution is 2.74. The predicted molar refractivity (Wildman–Crippen MR) is 174 cm³/mol. The average molecular weight is 669 g/mol. The van der Waals surface area contributed by atoms with E-state index < -0.39 is 83.3 Å². The highest BCUT2D eigenvalue weighted by Gasteiger charge is 2.90. The van der Waals surface area contributed by atoms with Gasteiger partial charge < -0.3 is 44.1 Å². The molecule has 1 aromatic carbocycles. The summed E-state index contributed by atoms with van der Waals surface area (Å²) in [6, 6.07) is 9.20. The predicted octanol–water partition coefficient (Wildman–Crippen LogP) is 4.03. The highest BCUT2D eigenvalue weighted by atomic mass is 16.9. The Labute approximate surface area is 283 Å². The first-order valence-corrected chi connectivity index (χ1v) is 17.9. The fourth-order valence-corrected chi connectivity index (χ4v) is 10.1. The van der Waals surface area contributed by atoms with Crippen LogP contribution in [-0.2, 0) is 34.5 Å². The lowest BCUT2D eigenvalue weighted by Gasteiger charge is -2.61. The molecule has 4 N–H and O–H groups in total. The molecule has 3 aliphatic carbocycles. The summed E-state index contributed by atoms with van der Waals surface area (Å²) in [5.74, 6) is -4.98. The van der Waals surface area contributed by atoms with Gasteiger partial charge >= 0.3 is 11.9 Å². The number of carbonyl (C=O) groups is 1. The van der Waals surface area contributed by atoms with Crippen molar-refractivity contribution in [2.45, 2.75) is 138 Å². The minimum atomic E-state index is -2.21.